The third-order valence-corrected chi connectivity index (χ3v) is 6.00. The zero-order valence-corrected chi connectivity index (χ0v) is 17.1. The fourth-order valence-electron chi connectivity index (χ4n) is 4.34. The van der Waals surface area contributed by atoms with E-state index in [1.165, 1.54) is 24.8 Å². The van der Waals surface area contributed by atoms with Crippen LogP contribution in [0.1, 0.15) is 42.1 Å². The molecule has 29 heavy (non-hydrogen) atoms. The number of carbonyl (C=O) groups excluding carboxylic acids is 2. The highest BCUT2D eigenvalue weighted by Crippen LogP contribution is 2.32. The van der Waals surface area contributed by atoms with Gasteiger partial charge in [0.1, 0.15) is 0 Å². The van der Waals surface area contributed by atoms with Crippen molar-refractivity contribution in [2.24, 2.45) is 0 Å². The minimum Gasteiger partial charge on any atom is -0.351 e. The van der Waals surface area contributed by atoms with Crippen LogP contribution in [-0.2, 0) is 11.2 Å². The first-order chi connectivity index (χ1) is 14.1. The van der Waals surface area contributed by atoms with Crippen molar-refractivity contribution < 1.29 is 9.59 Å². The van der Waals surface area contributed by atoms with E-state index in [0.29, 0.717) is 12.1 Å². The number of hydrogen-bond acceptors (Lipinski definition) is 3. The van der Waals surface area contributed by atoms with Crippen LogP contribution in [0.25, 0.3) is 11.1 Å². The van der Waals surface area contributed by atoms with E-state index < -0.39 is 0 Å². The smallest absolute Gasteiger partial charge is 0.251 e. The molecule has 1 fully saturated rings. The van der Waals surface area contributed by atoms with Crippen molar-refractivity contribution in [3.8, 4) is 11.1 Å². The third-order valence-electron chi connectivity index (χ3n) is 6.00. The molecule has 0 atom stereocenters. The molecule has 2 aromatic carbocycles. The summed E-state index contributed by atoms with van der Waals surface area (Å²) in [4.78, 5) is 28.4. The Balaban J connectivity index is 1.36. The minimum atomic E-state index is -0.0142. The number of carbonyl (C=O) groups is 2. The van der Waals surface area contributed by atoms with Crippen molar-refractivity contribution in [1.82, 2.24) is 10.2 Å². The standard InChI is InChI=1S/C24H29N3O2/c1-18(28)27-15-11-22-17-21(9-10-23(22)27)19-5-7-20(8-6-19)24(29)25-12-16-26-13-3-2-4-14-26/h5-10,17H,2-4,11-16H2,1H3,(H,25,29). The lowest BCUT2D eigenvalue weighted by atomic mass is 10.0. The zero-order valence-electron chi connectivity index (χ0n) is 17.1. The van der Waals surface area contributed by atoms with Gasteiger partial charge in [0.15, 0.2) is 0 Å². The molecule has 0 unspecified atom stereocenters. The fourth-order valence-corrected chi connectivity index (χ4v) is 4.34. The lowest BCUT2D eigenvalue weighted by Gasteiger charge is -2.26. The summed E-state index contributed by atoms with van der Waals surface area (Å²) in [6.45, 7) is 6.28. The van der Waals surface area contributed by atoms with Crippen molar-refractivity contribution >= 4 is 17.5 Å². The summed E-state index contributed by atoms with van der Waals surface area (Å²) in [5, 5.41) is 3.04. The Kier molecular flexibility index (Phi) is 5.95. The molecule has 0 radical (unpaired) electrons. The molecule has 152 valence electrons. The van der Waals surface area contributed by atoms with Gasteiger partial charge in [-0.1, -0.05) is 24.6 Å². The summed E-state index contributed by atoms with van der Waals surface area (Å²) in [7, 11) is 0. The van der Waals surface area contributed by atoms with Crippen molar-refractivity contribution in [2.75, 3.05) is 37.6 Å². The largest absolute Gasteiger partial charge is 0.351 e. The summed E-state index contributed by atoms with van der Waals surface area (Å²) < 4.78 is 0. The van der Waals surface area contributed by atoms with Gasteiger partial charge in [0.25, 0.3) is 5.91 Å². The predicted octanol–water partition coefficient (Wildman–Crippen LogP) is 3.48. The molecule has 0 bridgehead atoms. The maximum absolute atomic E-state index is 12.4. The maximum atomic E-state index is 12.4. The monoisotopic (exact) mass is 391 g/mol. The van der Waals surface area contributed by atoms with E-state index in [2.05, 4.69) is 16.3 Å². The van der Waals surface area contributed by atoms with Gasteiger partial charge in [-0.15, -0.1) is 0 Å². The maximum Gasteiger partial charge on any atom is 0.251 e. The molecular weight excluding hydrogens is 362 g/mol. The quantitative estimate of drug-likeness (QED) is 0.849. The minimum absolute atomic E-state index is 0.0142. The molecule has 2 aromatic rings. The van der Waals surface area contributed by atoms with E-state index in [1.54, 1.807) is 6.92 Å². The Hall–Kier alpha value is -2.66. The second kappa shape index (κ2) is 8.78. The molecule has 0 aliphatic carbocycles. The zero-order chi connectivity index (χ0) is 20.2. The molecule has 1 saturated heterocycles. The lowest BCUT2D eigenvalue weighted by molar-refractivity contribution is -0.116. The number of benzene rings is 2. The highest BCUT2D eigenvalue weighted by Gasteiger charge is 2.22. The van der Waals surface area contributed by atoms with E-state index in [4.69, 9.17) is 0 Å². The Labute approximate surface area is 172 Å². The second-order valence-electron chi connectivity index (χ2n) is 8.00. The van der Waals surface area contributed by atoms with E-state index in [1.807, 2.05) is 41.3 Å². The topological polar surface area (TPSA) is 52.7 Å². The number of piperidine rings is 1. The Morgan fingerprint density at radius 1 is 0.931 bits per heavy atom. The molecule has 5 heteroatoms. The van der Waals surface area contributed by atoms with Gasteiger partial charge in [-0.25, -0.2) is 0 Å². The first kappa shape index (κ1) is 19.6. The van der Waals surface area contributed by atoms with Crippen molar-refractivity contribution in [3.63, 3.8) is 0 Å². The van der Waals surface area contributed by atoms with Crippen LogP contribution in [0.5, 0.6) is 0 Å². The Bertz CT molecular complexity index is 885. The molecule has 0 spiro atoms. The molecule has 5 nitrogen and oxygen atoms in total. The molecule has 4 rings (SSSR count). The van der Waals surface area contributed by atoms with Gasteiger partial charge >= 0.3 is 0 Å². The van der Waals surface area contributed by atoms with Crippen LogP contribution < -0.4 is 10.2 Å². The number of nitrogens with zero attached hydrogens (tertiary/aromatic N) is 2. The first-order valence-electron chi connectivity index (χ1n) is 10.6. The van der Waals surface area contributed by atoms with Crippen LogP contribution in [0.3, 0.4) is 0 Å². The van der Waals surface area contributed by atoms with Crippen LogP contribution in [0.2, 0.25) is 0 Å². The third kappa shape index (κ3) is 4.51. The van der Waals surface area contributed by atoms with E-state index in [0.717, 1.165) is 49.4 Å². The molecule has 2 aliphatic heterocycles. The number of amides is 2. The molecular formula is C24H29N3O2. The number of anilines is 1. The van der Waals surface area contributed by atoms with Crippen LogP contribution >= 0.6 is 0 Å². The van der Waals surface area contributed by atoms with Gasteiger partial charge in [-0.05, 0) is 73.3 Å². The first-order valence-corrected chi connectivity index (χ1v) is 10.6. The highest BCUT2D eigenvalue weighted by molar-refractivity contribution is 5.95. The van der Waals surface area contributed by atoms with Crippen LogP contribution in [0.4, 0.5) is 5.69 Å². The van der Waals surface area contributed by atoms with Gasteiger partial charge in [-0.3, -0.25) is 9.59 Å². The van der Waals surface area contributed by atoms with Crippen LogP contribution in [0, 0.1) is 0 Å². The fraction of sp³-hybridized carbons (Fsp3) is 0.417. The van der Waals surface area contributed by atoms with Crippen LogP contribution in [-0.4, -0.2) is 49.4 Å². The average molecular weight is 392 g/mol. The predicted molar refractivity (Wildman–Crippen MR) is 116 cm³/mol. The van der Waals surface area contributed by atoms with E-state index in [9.17, 15) is 9.59 Å². The Morgan fingerprint density at radius 2 is 1.66 bits per heavy atom. The highest BCUT2D eigenvalue weighted by atomic mass is 16.2. The number of hydrogen-bond donors (Lipinski definition) is 1. The number of rotatable bonds is 5. The summed E-state index contributed by atoms with van der Waals surface area (Å²) in [5.41, 5.74) is 5.12. The number of fused-ring (bicyclic) bond motifs is 1. The normalized spacial score (nSPS) is 16.5. The number of nitrogens with one attached hydrogen (secondary N) is 1. The van der Waals surface area contributed by atoms with E-state index in [-0.39, 0.29) is 11.8 Å². The second-order valence-corrected chi connectivity index (χ2v) is 8.00. The van der Waals surface area contributed by atoms with Gasteiger partial charge in [0, 0.05) is 37.8 Å². The summed E-state index contributed by atoms with van der Waals surface area (Å²) >= 11 is 0. The van der Waals surface area contributed by atoms with Crippen molar-refractivity contribution in [2.45, 2.75) is 32.6 Å². The molecule has 2 heterocycles. The van der Waals surface area contributed by atoms with Crippen LogP contribution in [0.15, 0.2) is 42.5 Å². The molecule has 1 N–H and O–H groups in total. The van der Waals surface area contributed by atoms with Gasteiger partial charge in [-0.2, -0.15) is 0 Å². The van der Waals surface area contributed by atoms with E-state index >= 15 is 0 Å². The summed E-state index contributed by atoms with van der Waals surface area (Å²) in [6, 6.07) is 14.0. The Morgan fingerprint density at radius 3 is 2.38 bits per heavy atom. The van der Waals surface area contributed by atoms with Gasteiger partial charge < -0.3 is 15.1 Å². The lowest BCUT2D eigenvalue weighted by Crippen LogP contribution is -2.37. The number of likely N-dealkylation sites (tertiary alicyclic amines) is 1. The molecule has 2 aliphatic rings. The summed E-state index contributed by atoms with van der Waals surface area (Å²) in [5.74, 6) is 0.0757. The molecule has 0 saturated carbocycles. The molecule has 0 aromatic heterocycles. The average Bonchev–Trinajstić information content (AvgIpc) is 3.18. The van der Waals surface area contributed by atoms with Gasteiger partial charge in [0.2, 0.25) is 5.91 Å². The molecule has 2 amide bonds. The van der Waals surface area contributed by atoms with Gasteiger partial charge in [0.05, 0.1) is 0 Å². The van der Waals surface area contributed by atoms with Crippen molar-refractivity contribution in [3.05, 3.63) is 53.6 Å². The summed E-state index contributed by atoms with van der Waals surface area (Å²) in [6.07, 6.45) is 4.75. The SMILES string of the molecule is CC(=O)N1CCc2cc(-c3ccc(C(=O)NCCN4CCCCC4)cc3)ccc21. The van der Waals surface area contributed by atoms with Crippen molar-refractivity contribution in [1.29, 1.82) is 0 Å².